The zero-order valence-corrected chi connectivity index (χ0v) is 12.6. The largest absolute Gasteiger partial charge is 0.506 e. The number of hydrogen-bond acceptors (Lipinski definition) is 5. The van der Waals surface area contributed by atoms with Crippen LogP contribution in [0, 0.1) is 0 Å². The molecule has 0 bridgehead atoms. The maximum atomic E-state index is 11.0. The second-order valence-corrected chi connectivity index (χ2v) is 5.00. The molecule has 0 radical (unpaired) electrons. The monoisotopic (exact) mass is 333 g/mol. The van der Waals surface area contributed by atoms with Gasteiger partial charge in [-0.25, -0.2) is 14.6 Å². The molecular weight excluding hydrogens is 318 g/mol. The molecule has 0 spiro atoms. The highest BCUT2D eigenvalue weighted by atomic mass is 16.4. The van der Waals surface area contributed by atoms with E-state index < -0.39 is 11.9 Å². The molecule has 9 nitrogen and oxygen atoms in total. The first-order valence-electron chi connectivity index (χ1n) is 6.75. The van der Waals surface area contributed by atoms with Gasteiger partial charge in [-0.05, 0) is 12.5 Å². The zero-order valence-electron chi connectivity index (χ0n) is 12.6. The molecule has 0 aliphatic heterocycles. The summed E-state index contributed by atoms with van der Waals surface area (Å²) >= 11 is 0. The molecule has 0 saturated heterocycles. The van der Waals surface area contributed by atoms with Gasteiger partial charge in [0.1, 0.15) is 11.6 Å². The van der Waals surface area contributed by atoms with Crippen molar-refractivity contribution in [1.29, 1.82) is 0 Å². The summed E-state index contributed by atoms with van der Waals surface area (Å²) in [5, 5.41) is 36.9. The van der Waals surface area contributed by atoms with Gasteiger partial charge in [-0.3, -0.25) is 0 Å². The van der Waals surface area contributed by atoms with Crippen LogP contribution in [-0.2, 0) is 16.1 Å². The van der Waals surface area contributed by atoms with E-state index in [2.05, 4.69) is 9.97 Å². The van der Waals surface area contributed by atoms with Gasteiger partial charge in [0.05, 0.1) is 12.7 Å². The fourth-order valence-electron chi connectivity index (χ4n) is 2.22. The molecule has 9 heteroatoms. The van der Waals surface area contributed by atoms with Crippen LogP contribution in [0.1, 0.15) is 18.4 Å². The van der Waals surface area contributed by atoms with Crippen molar-refractivity contribution in [2.75, 3.05) is 0 Å². The first-order chi connectivity index (χ1) is 11.3. The van der Waals surface area contributed by atoms with Crippen molar-refractivity contribution in [3.05, 3.63) is 42.1 Å². The number of H-pyrrole nitrogens is 1. The summed E-state index contributed by atoms with van der Waals surface area (Å²) in [6.45, 7) is 1.54. The molecule has 2 aromatic heterocycles. The summed E-state index contributed by atoms with van der Waals surface area (Å²) < 4.78 is 1.48. The van der Waals surface area contributed by atoms with E-state index in [4.69, 9.17) is 10.2 Å². The first kappa shape index (κ1) is 16.9. The number of imidazole rings is 1. The molecule has 24 heavy (non-hydrogen) atoms. The van der Waals surface area contributed by atoms with Gasteiger partial charge in [-0.15, -0.1) is 0 Å². The molecule has 0 aliphatic rings. The van der Waals surface area contributed by atoms with Crippen LogP contribution in [0.4, 0.5) is 0 Å². The predicted molar refractivity (Wildman–Crippen MR) is 83.2 cm³/mol. The maximum Gasteiger partial charge on any atom is 0.328 e. The highest BCUT2D eigenvalue weighted by Crippen LogP contribution is 2.25. The molecule has 2 aromatic rings. The van der Waals surface area contributed by atoms with Crippen molar-refractivity contribution in [1.82, 2.24) is 14.5 Å². The standard InChI is InChI=1S/C15H15N3O6/c1-8(2-13(21)22)11-4-10(19)7-18(11)6-9(3-14(23)24)15-16-5-12(20)17-15/h2-5,7,19-20H,6H2,1H3,(H,16,17)(H,21,22)(H,23,24)/b8-2+,9-3+. The van der Waals surface area contributed by atoms with Crippen LogP contribution in [0.2, 0.25) is 0 Å². The fraction of sp³-hybridized carbons (Fsp3) is 0.133. The number of aromatic nitrogens is 3. The lowest BCUT2D eigenvalue weighted by atomic mass is 10.2. The Balaban J connectivity index is 2.44. The van der Waals surface area contributed by atoms with Gasteiger partial charge in [0, 0.05) is 35.7 Å². The van der Waals surface area contributed by atoms with E-state index in [-0.39, 0.29) is 29.6 Å². The summed E-state index contributed by atoms with van der Waals surface area (Å²) in [7, 11) is 0. The van der Waals surface area contributed by atoms with E-state index in [1.165, 1.54) is 16.8 Å². The number of aliphatic carboxylic acids is 2. The number of allylic oxidation sites excluding steroid dienone is 2. The summed E-state index contributed by atoms with van der Waals surface area (Å²) in [6, 6.07) is 1.37. The number of nitrogens with zero attached hydrogens (tertiary/aromatic N) is 2. The van der Waals surface area contributed by atoms with Crippen LogP contribution in [0.3, 0.4) is 0 Å². The molecule has 2 rings (SSSR count). The Morgan fingerprint density at radius 2 is 1.92 bits per heavy atom. The Hall–Kier alpha value is -3.49. The number of hydrogen-bond donors (Lipinski definition) is 5. The van der Waals surface area contributed by atoms with Gasteiger partial charge in [0.25, 0.3) is 0 Å². The second-order valence-electron chi connectivity index (χ2n) is 5.00. The summed E-state index contributed by atoms with van der Waals surface area (Å²) in [5.74, 6) is -2.53. The lowest BCUT2D eigenvalue weighted by molar-refractivity contribution is -0.132. The quantitative estimate of drug-likeness (QED) is 0.500. The maximum absolute atomic E-state index is 11.0. The van der Waals surface area contributed by atoms with Gasteiger partial charge in [-0.2, -0.15) is 0 Å². The van der Waals surface area contributed by atoms with Crippen molar-refractivity contribution < 1.29 is 30.0 Å². The number of carbonyl (C=O) groups is 2. The average Bonchev–Trinajstić information content (AvgIpc) is 3.03. The number of aromatic amines is 1. The van der Waals surface area contributed by atoms with Gasteiger partial charge in [0.15, 0.2) is 0 Å². The minimum absolute atomic E-state index is 0.0139. The normalized spacial score (nSPS) is 12.4. The van der Waals surface area contributed by atoms with Crippen LogP contribution in [-0.4, -0.2) is 46.9 Å². The topological polar surface area (TPSA) is 149 Å². The third-order valence-corrected chi connectivity index (χ3v) is 3.13. The van der Waals surface area contributed by atoms with E-state index in [1.54, 1.807) is 6.92 Å². The van der Waals surface area contributed by atoms with Crippen molar-refractivity contribution in [3.8, 4) is 11.6 Å². The smallest absolute Gasteiger partial charge is 0.328 e. The molecule has 0 saturated carbocycles. The number of carboxylic acids is 2. The van der Waals surface area contributed by atoms with Crippen LogP contribution >= 0.6 is 0 Å². The van der Waals surface area contributed by atoms with Crippen LogP contribution in [0.5, 0.6) is 11.6 Å². The molecule has 0 fully saturated rings. The van der Waals surface area contributed by atoms with Crippen LogP contribution in [0.15, 0.2) is 30.6 Å². The Labute approximate surface area is 135 Å². The molecular formula is C15H15N3O6. The second kappa shape index (κ2) is 6.73. The highest BCUT2D eigenvalue weighted by molar-refractivity contribution is 5.90. The number of carboxylic acid groups (broad SMARTS) is 2. The summed E-state index contributed by atoms with van der Waals surface area (Å²) in [6.07, 6.45) is 4.36. The van der Waals surface area contributed by atoms with Crippen LogP contribution in [0.25, 0.3) is 11.1 Å². The van der Waals surface area contributed by atoms with Gasteiger partial charge >= 0.3 is 11.9 Å². The third-order valence-electron chi connectivity index (χ3n) is 3.13. The Morgan fingerprint density at radius 1 is 1.25 bits per heavy atom. The molecule has 0 atom stereocenters. The van der Waals surface area contributed by atoms with Gasteiger partial charge < -0.3 is 30.0 Å². The first-order valence-corrected chi connectivity index (χ1v) is 6.75. The van der Waals surface area contributed by atoms with Crippen molar-refractivity contribution in [2.24, 2.45) is 0 Å². The van der Waals surface area contributed by atoms with Crippen molar-refractivity contribution >= 4 is 23.1 Å². The summed E-state index contributed by atoms with van der Waals surface area (Å²) in [4.78, 5) is 28.2. The lowest BCUT2D eigenvalue weighted by Gasteiger charge is -2.10. The van der Waals surface area contributed by atoms with Crippen molar-refractivity contribution in [2.45, 2.75) is 13.5 Å². The van der Waals surface area contributed by atoms with E-state index in [0.29, 0.717) is 11.3 Å². The van der Waals surface area contributed by atoms with E-state index >= 15 is 0 Å². The highest BCUT2D eigenvalue weighted by Gasteiger charge is 2.14. The Bertz CT molecular complexity index is 843. The molecule has 126 valence electrons. The van der Waals surface area contributed by atoms with Gasteiger partial charge in [0.2, 0.25) is 5.88 Å². The van der Waals surface area contributed by atoms with Gasteiger partial charge in [-0.1, -0.05) is 0 Å². The molecule has 0 unspecified atom stereocenters. The van der Waals surface area contributed by atoms with Crippen molar-refractivity contribution in [3.63, 3.8) is 0 Å². The van der Waals surface area contributed by atoms with E-state index in [0.717, 1.165) is 18.3 Å². The minimum Gasteiger partial charge on any atom is -0.506 e. The molecule has 0 aliphatic carbocycles. The Kier molecular flexibility index (Phi) is 4.73. The SMILES string of the molecule is C/C(=C\C(=O)O)c1cc(O)cn1C/C(=C\C(=O)O)c1ncc(O)[nH]1. The number of nitrogens with one attached hydrogen (secondary N) is 1. The molecule has 5 N–H and O–H groups in total. The average molecular weight is 333 g/mol. The zero-order chi connectivity index (χ0) is 17.9. The molecule has 0 amide bonds. The fourth-order valence-corrected chi connectivity index (χ4v) is 2.22. The molecule has 2 heterocycles. The number of aromatic hydroxyl groups is 2. The van der Waals surface area contributed by atoms with Crippen LogP contribution < -0.4 is 0 Å². The Morgan fingerprint density at radius 3 is 2.46 bits per heavy atom. The van der Waals surface area contributed by atoms with E-state index in [1.807, 2.05) is 0 Å². The minimum atomic E-state index is -1.21. The predicted octanol–water partition coefficient (Wildman–Crippen LogP) is 1.28. The lowest BCUT2D eigenvalue weighted by Crippen LogP contribution is -2.06. The van der Waals surface area contributed by atoms with E-state index in [9.17, 15) is 19.8 Å². The molecule has 0 aromatic carbocycles. The number of rotatable bonds is 6. The summed E-state index contributed by atoms with van der Waals surface area (Å²) in [5.41, 5.74) is 1.00. The third kappa shape index (κ3) is 4.03.